The number of ether oxygens (including phenoxy) is 1. The van der Waals surface area contributed by atoms with Crippen LogP contribution in [0.4, 0.5) is 0 Å². The lowest BCUT2D eigenvalue weighted by Crippen LogP contribution is -2.17. The third-order valence-corrected chi connectivity index (χ3v) is 2.94. The van der Waals surface area contributed by atoms with Crippen LogP contribution < -0.4 is 0 Å². The first-order valence-corrected chi connectivity index (χ1v) is 5.21. The quantitative estimate of drug-likeness (QED) is 0.673. The van der Waals surface area contributed by atoms with Crippen LogP contribution in [0, 0.1) is 0 Å². The lowest BCUT2D eigenvalue weighted by Gasteiger charge is -2.07. The Labute approximate surface area is 79.6 Å². The highest BCUT2D eigenvalue weighted by molar-refractivity contribution is 7.99. The highest BCUT2D eigenvalue weighted by Crippen LogP contribution is 2.20. The molecule has 70 valence electrons. The predicted molar refractivity (Wildman–Crippen MR) is 47.6 cm³/mol. The summed E-state index contributed by atoms with van der Waals surface area (Å²) in [5, 5.41) is 3.50. The molecule has 0 spiro atoms. The third-order valence-electron chi connectivity index (χ3n) is 1.81. The molecule has 4 nitrogen and oxygen atoms in total. The Morgan fingerprint density at radius 1 is 1.77 bits per heavy atom. The first kappa shape index (κ1) is 8.62. The fraction of sp³-hybridized carbons (Fsp3) is 0.500. The van der Waals surface area contributed by atoms with Gasteiger partial charge in [0.1, 0.15) is 12.4 Å². The highest BCUT2D eigenvalue weighted by Gasteiger charge is 2.21. The SMILES string of the molecule is O=C(OC1CCSC1)c1ccon1. The second-order valence-electron chi connectivity index (χ2n) is 2.78. The second-order valence-corrected chi connectivity index (χ2v) is 3.93. The summed E-state index contributed by atoms with van der Waals surface area (Å²) in [5.74, 6) is 1.57. The van der Waals surface area contributed by atoms with Crippen LogP contribution in [0.2, 0.25) is 0 Å². The van der Waals surface area contributed by atoms with E-state index in [1.54, 1.807) is 11.8 Å². The molecule has 0 bridgehead atoms. The topological polar surface area (TPSA) is 52.3 Å². The van der Waals surface area contributed by atoms with Crippen molar-refractivity contribution in [3.05, 3.63) is 18.0 Å². The zero-order valence-corrected chi connectivity index (χ0v) is 7.75. The van der Waals surface area contributed by atoms with Crippen LogP contribution in [0.1, 0.15) is 16.9 Å². The van der Waals surface area contributed by atoms with E-state index in [1.807, 2.05) is 0 Å². The Morgan fingerprint density at radius 2 is 2.69 bits per heavy atom. The largest absolute Gasteiger partial charge is 0.457 e. The van der Waals surface area contributed by atoms with E-state index < -0.39 is 0 Å². The summed E-state index contributed by atoms with van der Waals surface area (Å²) in [7, 11) is 0. The smallest absolute Gasteiger partial charge is 0.360 e. The fourth-order valence-corrected chi connectivity index (χ4v) is 2.23. The van der Waals surface area contributed by atoms with Crippen molar-refractivity contribution in [3.8, 4) is 0 Å². The monoisotopic (exact) mass is 199 g/mol. The molecule has 1 atom stereocenters. The Bertz CT molecular complexity index is 280. The van der Waals surface area contributed by atoms with Gasteiger partial charge in [0.2, 0.25) is 0 Å². The average molecular weight is 199 g/mol. The molecular formula is C8H9NO3S. The fourth-order valence-electron chi connectivity index (χ4n) is 1.14. The number of aromatic nitrogens is 1. The molecule has 0 aliphatic carbocycles. The van der Waals surface area contributed by atoms with Gasteiger partial charge in [-0.1, -0.05) is 5.16 Å². The van der Waals surface area contributed by atoms with Crippen molar-refractivity contribution in [1.82, 2.24) is 5.16 Å². The van der Waals surface area contributed by atoms with Crippen LogP contribution in [0.15, 0.2) is 16.9 Å². The zero-order valence-electron chi connectivity index (χ0n) is 6.93. The summed E-state index contributed by atoms with van der Waals surface area (Å²) in [6.07, 6.45) is 2.35. The van der Waals surface area contributed by atoms with Crippen molar-refractivity contribution in [2.75, 3.05) is 11.5 Å². The number of rotatable bonds is 2. The summed E-state index contributed by atoms with van der Waals surface area (Å²) >= 11 is 1.80. The molecular weight excluding hydrogens is 190 g/mol. The van der Waals surface area contributed by atoms with Crippen molar-refractivity contribution in [2.45, 2.75) is 12.5 Å². The number of nitrogens with zero attached hydrogens (tertiary/aromatic N) is 1. The second kappa shape index (κ2) is 3.83. The Hall–Kier alpha value is -0.970. The van der Waals surface area contributed by atoms with Gasteiger partial charge in [0.25, 0.3) is 0 Å². The molecule has 2 rings (SSSR count). The van der Waals surface area contributed by atoms with Gasteiger partial charge in [-0.15, -0.1) is 0 Å². The van der Waals surface area contributed by atoms with E-state index in [2.05, 4.69) is 9.68 Å². The van der Waals surface area contributed by atoms with Crippen LogP contribution in [-0.4, -0.2) is 28.7 Å². The van der Waals surface area contributed by atoms with E-state index in [4.69, 9.17) is 4.74 Å². The van der Waals surface area contributed by atoms with Crippen LogP contribution in [0.3, 0.4) is 0 Å². The van der Waals surface area contributed by atoms with Gasteiger partial charge in [0, 0.05) is 11.8 Å². The average Bonchev–Trinajstić information content (AvgIpc) is 2.74. The molecule has 2 heterocycles. The molecule has 0 N–H and O–H groups in total. The van der Waals surface area contributed by atoms with Gasteiger partial charge in [-0.25, -0.2) is 4.79 Å². The van der Waals surface area contributed by atoms with Gasteiger partial charge in [-0.05, 0) is 12.2 Å². The predicted octanol–water partition coefficient (Wildman–Crippen LogP) is 1.34. The minimum Gasteiger partial charge on any atom is -0.457 e. The minimum absolute atomic E-state index is 0.0502. The molecule has 0 aromatic carbocycles. The molecule has 1 fully saturated rings. The Morgan fingerprint density at radius 3 is 3.31 bits per heavy atom. The van der Waals surface area contributed by atoms with Crippen LogP contribution >= 0.6 is 11.8 Å². The van der Waals surface area contributed by atoms with E-state index in [0.717, 1.165) is 17.9 Å². The molecule has 13 heavy (non-hydrogen) atoms. The molecule has 5 heteroatoms. The summed E-state index contributed by atoms with van der Waals surface area (Å²) < 4.78 is 9.72. The summed E-state index contributed by atoms with van der Waals surface area (Å²) in [4.78, 5) is 11.3. The van der Waals surface area contributed by atoms with Crippen molar-refractivity contribution >= 4 is 17.7 Å². The van der Waals surface area contributed by atoms with E-state index >= 15 is 0 Å². The van der Waals surface area contributed by atoms with Gasteiger partial charge in [0.05, 0.1) is 0 Å². The Balaban J connectivity index is 1.91. The lowest BCUT2D eigenvalue weighted by atomic mass is 10.3. The summed E-state index contributed by atoms with van der Waals surface area (Å²) in [6, 6.07) is 1.50. The van der Waals surface area contributed by atoms with E-state index in [9.17, 15) is 4.79 Å². The summed E-state index contributed by atoms with van der Waals surface area (Å²) in [6.45, 7) is 0. The van der Waals surface area contributed by atoms with Gasteiger partial charge in [-0.3, -0.25) is 0 Å². The van der Waals surface area contributed by atoms with Gasteiger partial charge < -0.3 is 9.26 Å². The molecule has 0 radical (unpaired) electrons. The number of esters is 1. The van der Waals surface area contributed by atoms with E-state index in [0.29, 0.717) is 0 Å². The number of carbonyl (C=O) groups is 1. The van der Waals surface area contributed by atoms with E-state index in [-0.39, 0.29) is 17.8 Å². The first-order valence-electron chi connectivity index (χ1n) is 4.05. The number of hydrogen-bond acceptors (Lipinski definition) is 5. The number of hydrogen-bond donors (Lipinski definition) is 0. The van der Waals surface area contributed by atoms with Crippen molar-refractivity contribution in [1.29, 1.82) is 0 Å². The molecule has 0 amide bonds. The highest BCUT2D eigenvalue weighted by atomic mass is 32.2. The molecule has 1 aliphatic heterocycles. The van der Waals surface area contributed by atoms with Gasteiger partial charge in [-0.2, -0.15) is 11.8 Å². The first-order chi connectivity index (χ1) is 6.36. The van der Waals surface area contributed by atoms with Gasteiger partial charge >= 0.3 is 5.97 Å². The molecule has 1 aromatic rings. The molecule has 1 aliphatic rings. The standard InChI is InChI=1S/C8H9NO3S/c10-8(7-1-3-11-9-7)12-6-2-4-13-5-6/h1,3,6H,2,4-5H2. The minimum atomic E-state index is -0.388. The molecule has 1 unspecified atom stereocenters. The van der Waals surface area contributed by atoms with Crippen LogP contribution in [0.5, 0.6) is 0 Å². The van der Waals surface area contributed by atoms with Crippen LogP contribution in [0.25, 0.3) is 0 Å². The lowest BCUT2D eigenvalue weighted by molar-refractivity contribution is 0.0345. The zero-order chi connectivity index (χ0) is 9.10. The maximum Gasteiger partial charge on any atom is 0.360 e. The molecule has 1 aromatic heterocycles. The number of carbonyl (C=O) groups excluding carboxylic acids is 1. The molecule has 1 saturated heterocycles. The van der Waals surface area contributed by atoms with E-state index in [1.165, 1.54) is 12.3 Å². The van der Waals surface area contributed by atoms with Crippen molar-refractivity contribution in [2.24, 2.45) is 0 Å². The normalized spacial score (nSPS) is 21.7. The van der Waals surface area contributed by atoms with Crippen LogP contribution in [-0.2, 0) is 4.74 Å². The molecule has 0 saturated carbocycles. The van der Waals surface area contributed by atoms with Crippen molar-refractivity contribution < 1.29 is 14.1 Å². The Kier molecular flexibility index (Phi) is 2.54. The van der Waals surface area contributed by atoms with Crippen molar-refractivity contribution in [3.63, 3.8) is 0 Å². The maximum atomic E-state index is 11.3. The summed E-state index contributed by atoms with van der Waals surface area (Å²) in [5.41, 5.74) is 0.247. The van der Waals surface area contributed by atoms with Gasteiger partial charge in [0.15, 0.2) is 5.69 Å². The third kappa shape index (κ3) is 2.03. The maximum absolute atomic E-state index is 11.3. The number of thioether (sulfide) groups is 1.